The van der Waals surface area contributed by atoms with Gasteiger partial charge in [-0.05, 0) is 69.4 Å². The van der Waals surface area contributed by atoms with Gasteiger partial charge in [0.2, 0.25) is 5.91 Å². The Morgan fingerprint density at radius 1 is 1.30 bits per heavy atom. The summed E-state index contributed by atoms with van der Waals surface area (Å²) in [4.78, 5) is 16.0. The predicted molar refractivity (Wildman–Crippen MR) is 85.7 cm³/mol. The Balaban J connectivity index is 1.94. The normalized spacial score (nSPS) is 15.1. The van der Waals surface area contributed by atoms with Gasteiger partial charge in [0.25, 0.3) is 0 Å². The first-order valence-electron chi connectivity index (χ1n) is 6.60. The van der Waals surface area contributed by atoms with Crippen molar-refractivity contribution in [3.05, 3.63) is 26.6 Å². The van der Waals surface area contributed by atoms with Gasteiger partial charge in [-0.25, -0.2) is 0 Å². The smallest absolute Gasteiger partial charge is 0.236 e. The van der Waals surface area contributed by atoms with Gasteiger partial charge in [0.05, 0.1) is 15.5 Å². The summed E-state index contributed by atoms with van der Waals surface area (Å²) in [5.74, 6) is 0.395. The van der Waals surface area contributed by atoms with E-state index in [2.05, 4.69) is 31.9 Å². The van der Waals surface area contributed by atoms with Crippen molar-refractivity contribution in [2.24, 2.45) is 0 Å². The largest absolute Gasteiger partial charge is 0.506 e. The van der Waals surface area contributed by atoms with E-state index in [1.807, 2.05) is 29.0 Å². The Bertz CT molecular complexity index is 479. The SMILES string of the molecule is CN(CC(=O)N1CCCC1)Cc1cc(Br)c(O)c(Br)c1. The molecule has 1 heterocycles. The second kappa shape index (κ2) is 6.91. The maximum atomic E-state index is 12.1. The second-order valence-electron chi connectivity index (χ2n) is 5.17. The third-order valence-electron chi connectivity index (χ3n) is 3.39. The number of rotatable bonds is 4. The van der Waals surface area contributed by atoms with Crippen molar-refractivity contribution in [3.63, 3.8) is 0 Å². The summed E-state index contributed by atoms with van der Waals surface area (Å²) in [5, 5.41) is 9.69. The van der Waals surface area contributed by atoms with Crippen molar-refractivity contribution in [1.29, 1.82) is 0 Å². The zero-order chi connectivity index (χ0) is 14.7. The standard InChI is InChI=1S/C14H18Br2N2O2/c1-17(9-13(19)18-4-2-3-5-18)8-10-6-11(15)14(20)12(16)7-10/h6-7,20H,2-5,8-9H2,1H3. The number of hydrogen-bond acceptors (Lipinski definition) is 3. The van der Waals surface area contributed by atoms with E-state index in [-0.39, 0.29) is 11.7 Å². The molecular formula is C14H18Br2N2O2. The van der Waals surface area contributed by atoms with E-state index in [0.717, 1.165) is 31.5 Å². The van der Waals surface area contributed by atoms with Crippen molar-refractivity contribution in [2.45, 2.75) is 19.4 Å². The number of nitrogens with zero attached hydrogens (tertiary/aromatic N) is 2. The summed E-state index contributed by atoms with van der Waals surface area (Å²) in [6.45, 7) is 2.87. The zero-order valence-corrected chi connectivity index (χ0v) is 14.6. The quantitative estimate of drug-likeness (QED) is 0.837. The first kappa shape index (κ1) is 15.8. The van der Waals surface area contributed by atoms with Gasteiger partial charge in [0.15, 0.2) is 0 Å². The van der Waals surface area contributed by atoms with Crippen molar-refractivity contribution in [1.82, 2.24) is 9.80 Å². The number of carbonyl (C=O) groups is 1. The lowest BCUT2D eigenvalue weighted by molar-refractivity contribution is -0.131. The molecule has 0 bridgehead atoms. The van der Waals surface area contributed by atoms with Crippen LogP contribution in [0.4, 0.5) is 0 Å². The van der Waals surface area contributed by atoms with Crippen LogP contribution >= 0.6 is 31.9 Å². The first-order chi connectivity index (χ1) is 9.47. The molecule has 110 valence electrons. The molecule has 1 N–H and O–H groups in total. The highest BCUT2D eigenvalue weighted by atomic mass is 79.9. The number of phenols is 1. The van der Waals surface area contributed by atoms with E-state index in [1.54, 1.807) is 0 Å². The number of carbonyl (C=O) groups excluding carboxylic acids is 1. The molecule has 0 unspecified atom stereocenters. The molecule has 1 aromatic rings. The molecule has 0 aliphatic carbocycles. The fourth-order valence-corrected chi connectivity index (χ4v) is 3.66. The van der Waals surface area contributed by atoms with Crippen LogP contribution in [0.2, 0.25) is 0 Å². The summed E-state index contributed by atoms with van der Waals surface area (Å²) in [6, 6.07) is 3.74. The number of halogens is 2. The van der Waals surface area contributed by atoms with Crippen LogP contribution in [0.1, 0.15) is 18.4 Å². The Morgan fingerprint density at radius 3 is 2.40 bits per heavy atom. The number of likely N-dealkylation sites (tertiary alicyclic amines) is 1. The number of benzene rings is 1. The molecule has 0 radical (unpaired) electrons. The second-order valence-corrected chi connectivity index (χ2v) is 6.88. The lowest BCUT2D eigenvalue weighted by Gasteiger charge is -2.21. The maximum Gasteiger partial charge on any atom is 0.236 e. The predicted octanol–water partition coefficient (Wildman–Crippen LogP) is 2.97. The van der Waals surface area contributed by atoms with Crippen LogP contribution in [0.5, 0.6) is 5.75 Å². The molecule has 2 rings (SSSR count). The van der Waals surface area contributed by atoms with Crippen molar-refractivity contribution in [2.75, 3.05) is 26.7 Å². The average molecular weight is 406 g/mol. The summed E-state index contributed by atoms with van der Waals surface area (Å²) >= 11 is 6.64. The van der Waals surface area contributed by atoms with Gasteiger partial charge in [0.1, 0.15) is 5.75 Å². The monoisotopic (exact) mass is 404 g/mol. The van der Waals surface area contributed by atoms with Gasteiger partial charge in [0, 0.05) is 19.6 Å². The van der Waals surface area contributed by atoms with Crippen LogP contribution in [0.25, 0.3) is 0 Å². The third kappa shape index (κ3) is 3.96. The fraction of sp³-hybridized carbons (Fsp3) is 0.500. The number of hydrogen-bond donors (Lipinski definition) is 1. The van der Waals surface area contributed by atoms with Crippen molar-refractivity contribution < 1.29 is 9.90 Å². The number of likely N-dealkylation sites (N-methyl/N-ethyl adjacent to an activating group) is 1. The lowest BCUT2D eigenvalue weighted by atomic mass is 10.2. The molecule has 1 aromatic carbocycles. The Labute approximate surface area is 136 Å². The minimum absolute atomic E-state index is 0.196. The van der Waals surface area contributed by atoms with Gasteiger partial charge < -0.3 is 10.0 Å². The fourth-order valence-electron chi connectivity index (χ4n) is 2.37. The zero-order valence-electron chi connectivity index (χ0n) is 11.4. The van der Waals surface area contributed by atoms with Gasteiger partial charge in [-0.15, -0.1) is 0 Å². The summed E-state index contributed by atoms with van der Waals surface area (Å²) < 4.78 is 1.31. The van der Waals surface area contributed by atoms with E-state index in [0.29, 0.717) is 22.0 Å². The highest BCUT2D eigenvalue weighted by Crippen LogP contribution is 2.33. The van der Waals surface area contributed by atoms with Gasteiger partial charge in [-0.2, -0.15) is 0 Å². The van der Waals surface area contributed by atoms with Crippen LogP contribution in [0.15, 0.2) is 21.1 Å². The number of phenolic OH excluding ortho intramolecular Hbond substituents is 1. The molecule has 0 saturated carbocycles. The number of aromatic hydroxyl groups is 1. The van der Waals surface area contributed by atoms with Gasteiger partial charge in [-0.1, -0.05) is 0 Å². The van der Waals surface area contributed by atoms with E-state index in [9.17, 15) is 9.90 Å². The maximum absolute atomic E-state index is 12.1. The molecule has 1 fully saturated rings. The topological polar surface area (TPSA) is 43.8 Å². The molecule has 6 heteroatoms. The molecule has 1 amide bonds. The summed E-state index contributed by atoms with van der Waals surface area (Å²) in [7, 11) is 1.93. The first-order valence-corrected chi connectivity index (χ1v) is 8.19. The lowest BCUT2D eigenvalue weighted by Crippen LogP contribution is -2.36. The van der Waals surface area contributed by atoms with Crippen LogP contribution in [0, 0.1) is 0 Å². The van der Waals surface area contributed by atoms with Crippen LogP contribution < -0.4 is 0 Å². The minimum atomic E-state index is 0.196. The van der Waals surface area contributed by atoms with Gasteiger partial charge >= 0.3 is 0 Å². The van der Waals surface area contributed by atoms with Gasteiger partial charge in [-0.3, -0.25) is 9.69 Å². The Hall–Kier alpha value is -0.590. The van der Waals surface area contributed by atoms with E-state index in [4.69, 9.17) is 0 Å². The molecule has 1 aliphatic rings. The van der Waals surface area contributed by atoms with Crippen LogP contribution in [-0.2, 0) is 11.3 Å². The summed E-state index contributed by atoms with van der Waals surface area (Å²) in [5.41, 5.74) is 1.04. The van der Waals surface area contributed by atoms with E-state index < -0.39 is 0 Å². The Kier molecular flexibility index (Phi) is 5.46. The van der Waals surface area contributed by atoms with Crippen LogP contribution in [0.3, 0.4) is 0 Å². The molecule has 0 atom stereocenters. The van der Waals surface area contributed by atoms with E-state index in [1.165, 1.54) is 0 Å². The number of amides is 1. The molecule has 0 spiro atoms. The third-order valence-corrected chi connectivity index (χ3v) is 4.60. The van der Waals surface area contributed by atoms with Crippen LogP contribution in [-0.4, -0.2) is 47.5 Å². The molecule has 1 saturated heterocycles. The highest BCUT2D eigenvalue weighted by molar-refractivity contribution is 9.11. The molecule has 1 aliphatic heterocycles. The average Bonchev–Trinajstić information content (AvgIpc) is 2.89. The molecular weight excluding hydrogens is 388 g/mol. The minimum Gasteiger partial charge on any atom is -0.506 e. The Morgan fingerprint density at radius 2 is 1.85 bits per heavy atom. The molecule has 4 nitrogen and oxygen atoms in total. The van der Waals surface area contributed by atoms with Crippen molar-refractivity contribution >= 4 is 37.8 Å². The molecule has 20 heavy (non-hydrogen) atoms. The van der Waals surface area contributed by atoms with Crippen molar-refractivity contribution in [3.8, 4) is 5.75 Å². The summed E-state index contributed by atoms with van der Waals surface area (Å²) in [6.07, 6.45) is 2.24. The van der Waals surface area contributed by atoms with E-state index >= 15 is 0 Å². The highest BCUT2D eigenvalue weighted by Gasteiger charge is 2.19. The molecule has 0 aromatic heterocycles.